The second-order valence-electron chi connectivity index (χ2n) is 5.96. The van der Waals surface area contributed by atoms with E-state index in [-0.39, 0.29) is 5.91 Å². The van der Waals surface area contributed by atoms with Crippen LogP contribution < -0.4 is 10.2 Å². The standard InChI is InChI=1S/C18H22N4O2/c1-13-3-5-15(6-4-13)12-19-17(23)16-11-14(2)20-18(21-16)22-7-9-24-10-8-22/h3-6,11H,7-10,12H2,1-2H3,(H,19,23). The highest BCUT2D eigenvalue weighted by Gasteiger charge is 2.17. The number of aromatic nitrogens is 2. The zero-order chi connectivity index (χ0) is 16.9. The molecular formula is C18H22N4O2. The van der Waals surface area contributed by atoms with Gasteiger partial charge in [-0.25, -0.2) is 9.97 Å². The first-order valence-electron chi connectivity index (χ1n) is 8.14. The smallest absolute Gasteiger partial charge is 0.270 e. The van der Waals surface area contributed by atoms with Gasteiger partial charge in [-0.05, 0) is 25.5 Å². The maximum absolute atomic E-state index is 12.4. The minimum Gasteiger partial charge on any atom is -0.378 e. The molecule has 0 bridgehead atoms. The molecule has 1 saturated heterocycles. The summed E-state index contributed by atoms with van der Waals surface area (Å²) in [7, 11) is 0. The molecule has 0 spiro atoms. The number of aryl methyl sites for hydroxylation is 2. The number of hydrogen-bond donors (Lipinski definition) is 1. The largest absolute Gasteiger partial charge is 0.378 e. The number of amides is 1. The van der Waals surface area contributed by atoms with Crippen LogP contribution in [-0.4, -0.2) is 42.2 Å². The molecule has 1 aromatic heterocycles. The van der Waals surface area contributed by atoms with E-state index in [1.165, 1.54) is 5.56 Å². The SMILES string of the molecule is Cc1ccc(CNC(=O)c2cc(C)nc(N3CCOCC3)n2)cc1. The summed E-state index contributed by atoms with van der Waals surface area (Å²) in [6, 6.07) is 9.81. The molecule has 6 nitrogen and oxygen atoms in total. The van der Waals surface area contributed by atoms with Crippen LogP contribution in [0, 0.1) is 13.8 Å². The predicted molar refractivity (Wildman–Crippen MR) is 92.2 cm³/mol. The topological polar surface area (TPSA) is 67.4 Å². The van der Waals surface area contributed by atoms with Crippen molar-refractivity contribution in [2.75, 3.05) is 31.2 Å². The third-order valence-electron chi connectivity index (χ3n) is 3.94. The van der Waals surface area contributed by atoms with Crippen LogP contribution in [-0.2, 0) is 11.3 Å². The Morgan fingerprint density at radius 3 is 2.58 bits per heavy atom. The summed E-state index contributed by atoms with van der Waals surface area (Å²) in [6.07, 6.45) is 0. The average Bonchev–Trinajstić information content (AvgIpc) is 2.61. The van der Waals surface area contributed by atoms with Gasteiger partial charge in [-0.15, -0.1) is 0 Å². The molecule has 0 aliphatic carbocycles. The number of hydrogen-bond acceptors (Lipinski definition) is 5. The molecule has 0 radical (unpaired) electrons. The van der Waals surface area contributed by atoms with Crippen LogP contribution in [0.2, 0.25) is 0 Å². The number of morpholine rings is 1. The van der Waals surface area contributed by atoms with Crippen molar-refractivity contribution in [3.63, 3.8) is 0 Å². The van der Waals surface area contributed by atoms with Crippen LogP contribution in [0.3, 0.4) is 0 Å². The Kier molecular flexibility index (Phi) is 5.05. The van der Waals surface area contributed by atoms with E-state index >= 15 is 0 Å². The van der Waals surface area contributed by atoms with Crippen molar-refractivity contribution in [3.05, 3.63) is 52.8 Å². The van der Waals surface area contributed by atoms with Crippen molar-refractivity contribution in [2.45, 2.75) is 20.4 Å². The second-order valence-corrected chi connectivity index (χ2v) is 5.96. The summed E-state index contributed by atoms with van der Waals surface area (Å²) in [6.45, 7) is 7.21. The third-order valence-corrected chi connectivity index (χ3v) is 3.94. The number of carbonyl (C=O) groups is 1. The highest BCUT2D eigenvalue weighted by molar-refractivity contribution is 5.92. The van der Waals surface area contributed by atoms with Crippen LogP contribution in [0.4, 0.5) is 5.95 Å². The number of anilines is 1. The number of carbonyl (C=O) groups excluding carboxylic acids is 1. The second kappa shape index (κ2) is 7.40. The van der Waals surface area contributed by atoms with E-state index in [1.54, 1.807) is 6.07 Å². The molecular weight excluding hydrogens is 304 g/mol. The summed E-state index contributed by atoms with van der Waals surface area (Å²) in [5.41, 5.74) is 3.45. The Labute approximate surface area is 141 Å². The molecule has 1 aliphatic rings. The third kappa shape index (κ3) is 4.08. The first kappa shape index (κ1) is 16.4. The molecule has 0 atom stereocenters. The molecule has 1 N–H and O–H groups in total. The van der Waals surface area contributed by atoms with Crippen LogP contribution in [0.15, 0.2) is 30.3 Å². The molecule has 2 aromatic rings. The van der Waals surface area contributed by atoms with Crippen molar-refractivity contribution in [2.24, 2.45) is 0 Å². The van der Waals surface area contributed by atoms with E-state index < -0.39 is 0 Å². The van der Waals surface area contributed by atoms with Crippen molar-refractivity contribution < 1.29 is 9.53 Å². The fourth-order valence-corrected chi connectivity index (χ4v) is 2.55. The molecule has 0 unspecified atom stereocenters. The quantitative estimate of drug-likeness (QED) is 0.929. The number of ether oxygens (including phenoxy) is 1. The van der Waals surface area contributed by atoms with Crippen molar-refractivity contribution >= 4 is 11.9 Å². The fourth-order valence-electron chi connectivity index (χ4n) is 2.55. The van der Waals surface area contributed by atoms with E-state index in [0.717, 1.165) is 24.3 Å². The van der Waals surface area contributed by atoms with E-state index in [4.69, 9.17) is 4.74 Å². The van der Waals surface area contributed by atoms with Gasteiger partial charge in [-0.1, -0.05) is 29.8 Å². The lowest BCUT2D eigenvalue weighted by molar-refractivity contribution is 0.0945. The number of nitrogens with one attached hydrogen (secondary N) is 1. The van der Waals surface area contributed by atoms with Crippen molar-refractivity contribution in [1.82, 2.24) is 15.3 Å². The molecule has 6 heteroatoms. The fraction of sp³-hybridized carbons (Fsp3) is 0.389. The van der Waals surface area contributed by atoms with E-state index in [1.807, 2.05) is 43.0 Å². The minimum atomic E-state index is -0.185. The Balaban J connectivity index is 1.69. The van der Waals surface area contributed by atoms with Gasteiger partial charge < -0.3 is 15.0 Å². The lowest BCUT2D eigenvalue weighted by Gasteiger charge is -2.27. The van der Waals surface area contributed by atoms with Gasteiger partial charge in [0.15, 0.2) is 0 Å². The van der Waals surface area contributed by atoms with Gasteiger partial charge in [-0.2, -0.15) is 0 Å². The predicted octanol–water partition coefficient (Wildman–Crippen LogP) is 1.86. The Morgan fingerprint density at radius 1 is 1.17 bits per heavy atom. The van der Waals surface area contributed by atoms with E-state index in [9.17, 15) is 4.79 Å². The Morgan fingerprint density at radius 2 is 1.88 bits per heavy atom. The molecule has 1 aliphatic heterocycles. The lowest BCUT2D eigenvalue weighted by atomic mass is 10.1. The highest BCUT2D eigenvalue weighted by atomic mass is 16.5. The van der Waals surface area contributed by atoms with E-state index in [2.05, 4.69) is 15.3 Å². The van der Waals surface area contributed by atoms with Crippen LogP contribution >= 0.6 is 0 Å². The first-order chi connectivity index (χ1) is 11.6. The molecule has 1 aromatic carbocycles. The molecule has 24 heavy (non-hydrogen) atoms. The summed E-state index contributed by atoms with van der Waals surface area (Å²) in [4.78, 5) is 23.4. The lowest BCUT2D eigenvalue weighted by Crippen LogP contribution is -2.38. The Hall–Kier alpha value is -2.47. The monoisotopic (exact) mass is 326 g/mol. The summed E-state index contributed by atoms with van der Waals surface area (Å²) in [5, 5.41) is 2.92. The van der Waals surface area contributed by atoms with Crippen LogP contribution in [0.25, 0.3) is 0 Å². The van der Waals surface area contributed by atoms with Crippen LogP contribution in [0.1, 0.15) is 27.3 Å². The summed E-state index contributed by atoms with van der Waals surface area (Å²) < 4.78 is 5.35. The average molecular weight is 326 g/mol. The maximum atomic E-state index is 12.4. The molecule has 2 heterocycles. The number of rotatable bonds is 4. The Bertz CT molecular complexity index is 709. The van der Waals surface area contributed by atoms with Gasteiger partial charge >= 0.3 is 0 Å². The zero-order valence-electron chi connectivity index (χ0n) is 14.1. The first-order valence-corrected chi connectivity index (χ1v) is 8.14. The zero-order valence-corrected chi connectivity index (χ0v) is 14.1. The molecule has 1 fully saturated rings. The van der Waals surface area contributed by atoms with Gasteiger partial charge in [0.05, 0.1) is 13.2 Å². The van der Waals surface area contributed by atoms with Crippen LogP contribution in [0.5, 0.6) is 0 Å². The number of benzene rings is 1. The normalized spacial score (nSPS) is 14.5. The summed E-state index contributed by atoms with van der Waals surface area (Å²) >= 11 is 0. The van der Waals surface area contributed by atoms with Gasteiger partial charge in [-0.3, -0.25) is 4.79 Å². The molecule has 1 amide bonds. The van der Waals surface area contributed by atoms with Gasteiger partial charge in [0.2, 0.25) is 5.95 Å². The van der Waals surface area contributed by atoms with Gasteiger partial charge in [0, 0.05) is 25.3 Å². The number of nitrogens with zero attached hydrogens (tertiary/aromatic N) is 3. The maximum Gasteiger partial charge on any atom is 0.270 e. The van der Waals surface area contributed by atoms with E-state index in [0.29, 0.717) is 31.4 Å². The molecule has 126 valence electrons. The van der Waals surface area contributed by atoms with Crippen molar-refractivity contribution in [3.8, 4) is 0 Å². The van der Waals surface area contributed by atoms with Gasteiger partial charge in [0.1, 0.15) is 5.69 Å². The summed E-state index contributed by atoms with van der Waals surface area (Å²) in [5.74, 6) is 0.411. The van der Waals surface area contributed by atoms with Gasteiger partial charge in [0.25, 0.3) is 5.91 Å². The highest BCUT2D eigenvalue weighted by Crippen LogP contribution is 2.12. The van der Waals surface area contributed by atoms with Crippen molar-refractivity contribution in [1.29, 1.82) is 0 Å². The minimum absolute atomic E-state index is 0.185. The molecule has 0 saturated carbocycles. The molecule has 3 rings (SSSR count).